The van der Waals surface area contributed by atoms with Crippen molar-refractivity contribution in [2.75, 3.05) is 6.54 Å². The average Bonchev–Trinajstić information content (AvgIpc) is 2.85. The molecule has 2 rings (SSSR count). The van der Waals surface area contributed by atoms with Crippen molar-refractivity contribution in [2.45, 2.75) is 52.0 Å². The van der Waals surface area contributed by atoms with Gasteiger partial charge in [0.25, 0.3) is 0 Å². The Morgan fingerprint density at radius 2 is 2.06 bits per heavy atom. The first kappa shape index (κ1) is 13.9. The molecule has 18 heavy (non-hydrogen) atoms. The molecule has 1 aliphatic carbocycles. The summed E-state index contributed by atoms with van der Waals surface area (Å²) in [6.07, 6.45) is 6.90. The molecular weight excluding hydrogens is 242 g/mol. The molecule has 1 nitrogen and oxygen atoms in total. The second-order valence-corrected chi connectivity index (χ2v) is 5.86. The average molecular weight is 266 g/mol. The zero-order chi connectivity index (χ0) is 13.0. The molecule has 0 radical (unpaired) electrons. The molecule has 1 aromatic carbocycles. The summed E-state index contributed by atoms with van der Waals surface area (Å²) in [5, 5.41) is 4.53. The predicted octanol–water partition coefficient (Wildman–Crippen LogP) is 4.88. The molecule has 0 aromatic heterocycles. The molecule has 1 unspecified atom stereocenters. The summed E-state index contributed by atoms with van der Waals surface area (Å²) < 4.78 is 0. The SMILES string of the molecule is CCNC(CC1CCCC1)c1cccc(Cl)c1C. The molecule has 1 atom stereocenters. The zero-order valence-corrected chi connectivity index (χ0v) is 12.3. The van der Waals surface area contributed by atoms with Crippen LogP contribution in [0, 0.1) is 12.8 Å². The Morgan fingerprint density at radius 1 is 1.33 bits per heavy atom. The third-order valence-electron chi connectivity index (χ3n) is 4.18. The maximum absolute atomic E-state index is 6.25. The van der Waals surface area contributed by atoms with Crippen LogP contribution in [-0.2, 0) is 0 Å². The van der Waals surface area contributed by atoms with Gasteiger partial charge in [0.15, 0.2) is 0 Å². The minimum Gasteiger partial charge on any atom is -0.310 e. The van der Waals surface area contributed by atoms with E-state index in [2.05, 4.69) is 31.3 Å². The van der Waals surface area contributed by atoms with Crippen LogP contribution in [0.25, 0.3) is 0 Å². The number of nitrogens with one attached hydrogen (secondary N) is 1. The number of halogens is 1. The molecular formula is C16H24ClN. The van der Waals surface area contributed by atoms with E-state index in [4.69, 9.17) is 11.6 Å². The highest BCUT2D eigenvalue weighted by molar-refractivity contribution is 6.31. The standard InChI is InChI=1S/C16H24ClN/c1-3-18-16(11-13-7-4-5-8-13)14-9-6-10-15(17)12(14)2/h6,9-10,13,16,18H,3-5,7-8,11H2,1-2H3. The van der Waals surface area contributed by atoms with Crippen LogP contribution >= 0.6 is 11.6 Å². The Bertz CT molecular complexity index is 383. The highest BCUT2D eigenvalue weighted by Crippen LogP contribution is 2.35. The van der Waals surface area contributed by atoms with Gasteiger partial charge in [0.05, 0.1) is 0 Å². The largest absolute Gasteiger partial charge is 0.310 e. The second-order valence-electron chi connectivity index (χ2n) is 5.45. The maximum atomic E-state index is 6.25. The molecule has 1 aliphatic rings. The van der Waals surface area contributed by atoms with Crippen molar-refractivity contribution in [1.29, 1.82) is 0 Å². The fraction of sp³-hybridized carbons (Fsp3) is 0.625. The summed E-state index contributed by atoms with van der Waals surface area (Å²) in [5.41, 5.74) is 2.62. The molecule has 1 N–H and O–H groups in total. The van der Waals surface area contributed by atoms with E-state index in [1.54, 1.807) is 0 Å². The molecule has 1 saturated carbocycles. The van der Waals surface area contributed by atoms with Crippen molar-refractivity contribution in [3.63, 3.8) is 0 Å². The van der Waals surface area contributed by atoms with E-state index in [0.29, 0.717) is 6.04 Å². The van der Waals surface area contributed by atoms with Gasteiger partial charge in [-0.05, 0) is 43.0 Å². The van der Waals surface area contributed by atoms with Crippen LogP contribution in [0.15, 0.2) is 18.2 Å². The van der Waals surface area contributed by atoms with Crippen molar-refractivity contribution < 1.29 is 0 Å². The van der Waals surface area contributed by atoms with E-state index in [-0.39, 0.29) is 0 Å². The van der Waals surface area contributed by atoms with Crippen molar-refractivity contribution in [2.24, 2.45) is 5.92 Å². The van der Waals surface area contributed by atoms with Gasteiger partial charge in [-0.15, -0.1) is 0 Å². The lowest BCUT2D eigenvalue weighted by molar-refractivity contribution is 0.400. The van der Waals surface area contributed by atoms with E-state index in [1.165, 1.54) is 43.2 Å². The summed E-state index contributed by atoms with van der Waals surface area (Å²) in [6, 6.07) is 6.75. The summed E-state index contributed by atoms with van der Waals surface area (Å²) in [4.78, 5) is 0. The van der Waals surface area contributed by atoms with Crippen molar-refractivity contribution in [3.8, 4) is 0 Å². The van der Waals surface area contributed by atoms with Gasteiger partial charge in [0.2, 0.25) is 0 Å². The smallest absolute Gasteiger partial charge is 0.0438 e. The van der Waals surface area contributed by atoms with Crippen LogP contribution in [0.3, 0.4) is 0 Å². The fourth-order valence-corrected chi connectivity index (χ4v) is 3.33. The molecule has 0 amide bonds. The van der Waals surface area contributed by atoms with Gasteiger partial charge >= 0.3 is 0 Å². The van der Waals surface area contributed by atoms with Crippen LogP contribution < -0.4 is 5.32 Å². The summed E-state index contributed by atoms with van der Waals surface area (Å²) in [5.74, 6) is 0.896. The highest BCUT2D eigenvalue weighted by Gasteiger charge is 2.22. The molecule has 0 bridgehead atoms. The van der Waals surface area contributed by atoms with Crippen LogP contribution in [0.4, 0.5) is 0 Å². The van der Waals surface area contributed by atoms with Gasteiger partial charge in [-0.2, -0.15) is 0 Å². The molecule has 0 spiro atoms. The van der Waals surface area contributed by atoms with Gasteiger partial charge in [0.1, 0.15) is 0 Å². The third-order valence-corrected chi connectivity index (χ3v) is 4.59. The van der Waals surface area contributed by atoms with Crippen LogP contribution in [-0.4, -0.2) is 6.54 Å². The first-order valence-electron chi connectivity index (χ1n) is 7.20. The van der Waals surface area contributed by atoms with E-state index in [9.17, 15) is 0 Å². The Morgan fingerprint density at radius 3 is 2.72 bits per heavy atom. The number of hydrogen-bond donors (Lipinski definition) is 1. The first-order valence-corrected chi connectivity index (χ1v) is 7.58. The molecule has 2 heteroatoms. The lowest BCUT2D eigenvalue weighted by atomic mass is 9.91. The van der Waals surface area contributed by atoms with Crippen LogP contribution in [0.1, 0.15) is 56.2 Å². The van der Waals surface area contributed by atoms with Crippen LogP contribution in [0.5, 0.6) is 0 Å². The quantitative estimate of drug-likeness (QED) is 0.800. The topological polar surface area (TPSA) is 12.0 Å². The van der Waals surface area contributed by atoms with Gasteiger partial charge < -0.3 is 5.32 Å². The molecule has 1 aromatic rings. The molecule has 0 aliphatic heterocycles. The lowest BCUT2D eigenvalue weighted by Gasteiger charge is -2.24. The van der Waals surface area contributed by atoms with Gasteiger partial charge in [-0.3, -0.25) is 0 Å². The minimum absolute atomic E-state index is 0.469. The summed E-state index contributed by atoms with van der Waals surface area (Å²) in [6.45, 7) is 5.33. The Hall–Kier alpha value is -0.530. The van der Waals surface area contributed by atoms with Crippen LogP contribution in [0.2, 0.25) is 5.02 Å². The van der Waals surface area contributed by atoms with Gasteiger partial charge in [-0.25, -0.2) is 0 Å². The lowest BCUT2D eigenvalue weighted by Crippen LogP contribution is -2.23. The Labute approximate surface area is 116 Å². The van der Waals surface area contributed by atoms with E-state index in [1.807, 2.05) is 6.07 Å². The minimum atomic E-state index is 0.469. The molecule has 1 fully saturated rings. The summed E-state index contributed by atoms with van der Waals surface area (Å²) >= 11 is 6.25. The third kappa shape index (κ3) is 3.27. The molecule has 0 saturated heterocycles. The molecule has 100 valence electrons. The monoisotopic (exact) mass is 265 g/mol. The van der Waals surface area contributed by atoms with Crippen molar-refractivity contribution >= 4 is 11.6 Å². The predicted molar refractivity (Wildman–Crippen MR) is 79.2 cm³/mol. The normalized spacial score (nSPS) is 18.2. The van der Waals surface area contributed by atoms with E-state index >= 15 is 0 Å². The zero-order valence-electron chi connectivity index (χ0n) is 11.5. The van der Waals surface area contributed by atoms with E-state index < -0.39 is 0 Å². The number of hydrogen-bond acceptors (Lipinski definition) is 1. The summed E-state index contributed by atoms with van der Waals surface area (Å²) in [7, 11) is 0. The van der Waals surface area contributed by atoms with Gasteiger partial charge in [-0.1, -0.05) is 56.3 Å². The maximum Gasteiger partial charge on any atom is 0.0438 e. The number of benzene rings is 1. The molecule has 0 heterocycles. The highest BCUT2D eigenvalue weighted by atomic mass is 35.5. The Balaban J connectivity index is 2.14. The second kappa shape index (κ2) is 6.58. The Kier molecular flexibility index (Phi) is 5.08. The van der Waals surface area contributed by atoms with Crippen molar-refractivity contribution in [1.82, 2.24) is 5.32 Å². The van der Waals surface area contributed by atoms with Gasteiger partial charge in [0, 0.05) is 11.1 Å². The van der Waals surface area contributed by atoms with E-state index in [0.717, 1.165) is 17.5 Å². The first-order chi connectivity index (χ1) is 8.72. The van der Waals surface area contributed by atoms with Crippen molar-refractivity contribution in [3.05, 3.63) is 34.3 Å². The fourth-order valence-electron chi connectivity index (χ4n) is 3.15. The number of rotatable bonds is 5.